The number of benzene rings is 1. The monoisotopic (exact) mass is 483 g/mol. The van der Waals surface area contributed by atoms with Gasteiger partial charge in [-0.1, -0.05) is 42.1 Å². The molecule has 174 valence electrons. The molecule has 0 saturated carbocycles. The summed E-state index contributed by atoms with van der Waals surface area (Å²) in [6.07, 6.45) is 6.22. The van der Waals surface area contributed by atoms with Crippen molar-refractivity contribution in [3.05, 3.63) is 56.7 Å². The maximum Gasteiger partial charge on any atom is 0.263 e. The molecule has 2 aliphatic rings. The van der Waals surface area contributed by atoms with Crippen molar-refractivity contribution in [3.8, 4) is 0 Å². The minimum Gasteiger partial charge on any atom is -0.376 e. The quantitative estimate of drug-likeness (QED) is 0.383. The van der Waals surface area contributed by atoms with E-state index in [-0.39, 0.29) is 17.6 Å². The molecule has 0 N–H and O–H groups in total. The van der Waals surface area contributed by atoms with Crippen molar-refractivity contribution in [2.45, 2.75) is 61.6 Å². The highest BCUT2D eigenvalue weighted by molar-refractivity contribution is 8.00. The van der Waals surface area contributed by atoms with Gasteiger partial charge in [0.15, 0.2) is 5.16 Å². The Balaban J connectivity index is 1.63. The number of likely N-dealkylation sites (N-methyl/N-ethyl adjacent to an activating group) is 1. The first-order valence-corrected chi connectivity index (χ1v) is 13.3. The van der Waals surface area contributed by atoms with Crippen molar-refractivity contribution in [2.24, 2.45) is 0 Å². The van der Waals surface area contributed by atoms with E-state index in [2.05, 4.69) is 0 Å². The van der Waals surface area contributed by atoms with Gasteiger partial charge in [0.1, 0.15) is 10.1 Å². The molecule has 2 unspecified atom stereocenters. The molecule has 1 saturated heterocycles. The van der Waals surface area contributed by atoms with Crippen LogP contribution in [0.4, 0.5) is 0 Å². The number of nitrogens with zero attached hydrogens (tertiary/aromatic N) is 3. The zero-order valence-corrected chi connectivity index (χ0v) is 20.7. The summed E-state index contributed by atoms with van der Waals surface area (Å²) in [7, 11) is 3.53. The zero-order chi connectivity index (χ0) is 22.9. The van der Waals surface area contributed by atoms with Gasteiger partial charge < -0.3 is 9.64 Å². The Morgan fingerprint density at radius 1 is 1.24 bits per heavy atom. The number of amides is 1. The summed E-state index contributed by atoms with van der Waals surface area (Å²) < 4.78 is 7.66. The average Bonchev–Trinajstić information content (AvgIpc) is 3.47. The van der Waals surface area contributed by atoms with Gasteiger partial charge in [-0.2, -0.15) is 0 Å². The van der Waals surface area contributed by atoms with Crippen LogP contribution in [0.25, 0.3) is 10.2 Å². The smallest absolute Gasteiger partial charge is 0.263 e. The highest BCUT2D eigenvalue weighted by Gasteiger charge is 2.29. The lowest BCUT2D eigenvalue weighted by Crippen LogP contribution is -2.31. The van der Waals surface area contributed by atoms with Crippen LogP contribution in [0.15, 0.2) is 40.3 Å². The van der Waals surface area contributed by atoms with Gasteiger partial charge in [-0.3, -0.25) is 14.2 Å². The highest BCUT2D eigenvalue weighted by Crippen LogP contribution is 2.39. The van der Waals surface area contributed by atoms with Crippen molar-refractivity contribution in [1.82, 2.24) is 14.5 Å². The van der Waals surface area contributed by atoms with Crippen LogP contribution < -0.4 is 5.56 Å². The molecule has 8 heteroatoms. The number of hydrogen-bond donors (Lipinski definition) is 0. The Hall–Kier alpha value is -2.16. The van der Waals surface area contributed by atoms with Crippen LogP contribution in [0, 0.1) is 0 Å². The molecule has 0 spiro atoms. The summed E-state index contributed by atoms with van der Waals surface area (Å²) in [6, 6.07) is 9.75. The third kappa shape index (κ3) is 4.48. The van der Waals surface area contributed by atoms with E-state index < -0.39 is 5.25 Å². The van der Waals surface area contributed by atoms with Gasteiger partial charge in [0.25, 0.3) is 5.56 Å². The molecule has 1 fully saturated rings. The molecule has 1 aliphatic carbocycles. The fourth-order valence-corrected chi connectivity index (χ4v) is 7.25. The van der Waals surface area contributed by atoms with Gasteiger partial charge in [0, 0.05) is 25.6 Å². The lowest BCUT2D eigenvalue weighted by atomic mass is 9.97. The van der Waals surface area contributed by atoms with Gasteiger partial charge >= 0.3 is 0 Å². The van der Waals surface area contributed by atoms with Crippen molar-refractivity contribution in [1.29, 1.82) is 0 Å². The molecular weight excluding hydrogens is 454 g/mol. The minimum atomic E-state index is -0.476. The highest BCUT2D eigenvalue weighted by atomic mass is 32.2. The van der Waals surface area contributed by atoms with E-state index in [0.717, 1.165) is 54.5 Å². The fraction of sp³-hybridized carbons (Fsp3) is 0.480. The molecule has 0 radical (unpaired) electrons. The predicted molar refractivity (Wildman–Crippen MR) is 133 cm³/mol. The number of thiophene rings is 1. The third-order valence-corrected chi connectivity index (χ3v) is 8.86. The van der Waals surface area contributed by atoms with Crippen molar-refractivity contribution in [3.63, 3.8) is 0 Å². The second kappa shape index (κ2) is 9.60. The van der Waals surface area contributed by atoms with Crippen LogP contribution in [-0.2, 0) is 28.9 Å². The molecule has 2 atom stereocenters. The Kier molecular flexibility index (Phi) is 6.58. The number of thioether (sulfide) groups is 1. The van der Waals surface area contributed by atoms with E-state index in [4.69, 9.17) is 9.72 Å². The summed E-state index contributed by atoms with van der Waals surface area (Å²) in [5, 5.41) is 0.911. The van der Waals surface area contributed by atoms with Crippen LogP contribution >= 0.6 is 23.1 Å². The van der Waals surface area contributed by atoms with E-state index >= 15 is 0 Å². The first-order valence-electron chi connectivity index (χ1n) is 11.6. The molecule has 2 aromatic heterocycles. The Morgan fingerprint density at radius 3 is 2.76 bits per heavy atom. The van der Waals surface area contributed by atoms with Gasteiger partial charge in [0.2, 0.25) is 5.91 Å². The van der Waals surface area contributed by atoms with E-state index in [9.17, 15) is 9.59 Å². The second-order valence-electron chi connectivity index (χ2n) is 8.98. The molecular formula is C25H29N3O3S2. The zero-order valence-electron chi connectivity index (χ0n) is 19.1. The molecule has 3 heterocycles. The largest absolute Gasteiger partial charge is 0.376 e. The number of rotatable bonds is 6. The van der Waals surface area contributed by atoms with Crippen LogP contribution in [-0.4, -0.2) is 47.2 Å². The summed E-state index contributed by atoms with van der Waals surface area (Å²) in [4.78, 5) is 35.8. The van der Waals surface area contributed by atoms with Crippen molar-refractivity contribution >= 4 is 39.2 Å². The first kappa shape index (κ1) is 22.6. The summed E-state index contributed by atoms with van der Waals surface area (Å²) in [5.74, 6) is -0.0188. The minimum absolute atomic E-state index is 0.00971. The second-order valence-corrected chi connectivity index (χ2v) is 11.1. The molecule has 3 aromatic rings. The van der Waals surface area contributed by atoms with Crippen LogP contribution in [0.2, 0.25) is 0 Å². The number of ether oxygens (including phenoxy) is 1. The SMILES string of the molecule is CN(C)C(=O)C(Sc1nc2sc3c(c2c(=O)n1CC1CCCO1)CCCC3)c1ccccc1. The molecule has 0 bridgehead atoms. The Labute approximate surface area is 202 Å². The number of aryl methyl sites for hydroxylation is 2. The van der Waals surface area contributed by atoms with Gasteiger partial charge in [-0.15, -0.1) is 11.3 Å². The average molecular weight is 484 g/mol. The number of carbonyl (C=O) groups is 1. The number of hydrogen-bond acceptors (Lipinski definition) is 6. The predicted octanol–water partition coefficient (Wildman–Crippen LogP) is 4.44. The number of carbonyl (C=O) groups excluding carboxylic acids is 1. The normalized spacial score (nSPS) is 18.9. The number of fused-ring (bicyclic) bond motifs is 3. The Morgan fingerprint density at radius 2 is 2.03 bits per heavy atom. The summed E-state index contributed by atoms with van der Waals surface area (Å²) in [6.45, 7) is 1.21. The third-order valence-electron chi connectivity index (χ3n) is 6.44. The molecule has 33 heavy (non-hydrogen) atoms. The molecule has 1 aromatic carbocycles. The van der Waals surface area contributed by atoms with E-state index in [1.807, 2.05) is 30.3 Å². The topological polar surface area (TPSA) is 64.4 Å². The fourth-order valence-electron chi connectivity index (χ4n) is 4.69. The van der Waals surface area contributed by atoms with E-state index in [0.29, 0.717) is 11.7 Å². The van der Waals surface area contributed by atoms with Crippen molar-refractivity contribution in [2.75, 3.05) is 20.7 Å². The molecule has 1 aliphatic heterocycles. The maximum absolute atomic E-state index is 13.9. The van der Waals surface area contributed by atoms with Crippen LogP contribution in [0.3, 0.4) is 0 Å². The van der Waals surface area contributed by atoms with E-state index in [1.165, 1.54) is 28.6 Å². The first-order chi connectivity index (χ1) is 16.0. The van der Waals surface area contributed by atoms with Crippen LogP contribution in [0.5, 0.6) is 0 Å². The van der Waals surface area contributed by atoms with Gasteiger partial charge in [-0.05, 0) is 49.7 Å². The van der Waals surface area contributed by atoms with Crippen LogP contribution in [0.1, 0.15) is 46.9 Å². The summed E-state index contributed by atoms with van der Waals surface area (Å²) >= 11 is 3.03. The molecule has 6 nitrogen and oxygen atoms in total. The molecule has 5 rings (SSSR count). The Bertz CT molecular complexity index is 1210. The lowest BCUT2D eigenvalue weighted by Gasteiger charge is -2.22. The standard InChI is InChI=1S/C25H29N3O3S2/c1-27(2)24(30)21(16-9-4-3-5-10-16)33-25-26-22-20(18-12-6-7-13-19(18)32-22)23(29)28(25)15-17-11-8-14-31-17/h3-5,9-10,17,21H,6-8,11-15H2,1-2H3. The van der Waals surface area contributed by atoms with Crippen molar-refractivity contribution < 1.29 is 9.53 Å². The maximum atomic E-state index is 13.9. The van der Waals surface area contributed by atoms with Gasteiger partial charge in [-0.25, -0.2) is 4.98 Å². The van der Waals surface area contributed by atoms with E-state index in [1.54, 1.807) is 34.9 Å². The van der Waals surface area contributed by atoms with Gasteiger partial charge in [0.05, 0.1) is 18.0 Å². The number of aromatic nitrogens is 2. The summed E-state index contributed by atoms with van der Waals surface area (Å²) in [5.41, 5.74) is 2.12. The lowest BCUT2D eigenvalue weighted by molar-refractivity contribution is -0.128. The molecule has 1 amide bonds.